The third-order valence-electron chi connectivity index (χ3n) is 4.96. The van der Waals surface area contributed by atoms with Crippen LogP contribution in [0, 0.1) is 5.82 Å². The summed E-state index contributed by atoms with van der Waals surface area (Å²) in [5.74, 6) is 0.532. The number of para-hydroxylation sites is 1. The van der Waals surface area contributed by atoms with Gasteiger partial charge in [-0.25, -0.2) is 4.39 Å². The second-order valence-electron chi connectivity index (χ2n) is 6.67. The Hall–Kier alpha value is -2.40. The molecule has 2 heterocycles. The van der Waals surface area contributed by atoms with Crippen LogP contribution in [0.25, 0.3) is 0 Å². The predicted octanol–water partition coefficient (Wildman–Crippen LogP) is 3.76. The van der Waals surface area contributed by atoms with Gasteiger partial charge in [-0.15, -0.1) is 0 Å². The largest absolute Gasteiger partial charge is 0.493 e. The van der Waals surface area contributed by atoms with Gasteiger partial charge in [-0.2, -0.15) is 0 Å². The van der Waals surface area contributed by atoms with Gasteiger partial charge in [-0.3, -0.25) is 4.79 Å². The van der Waals surface area contributed by atoms with E-state index in [4.69, 9.17) is 4.74 Å². The van der Waals surface area contributed by atoms with E-state index in [2.05, 4.69) is 16.7 Å². The average Bonchev–Trinajstić information content (AvgIpc) is 2.81. The van der Waals surface area contributed by atoms with Crippen LogP contribution < -0.4 is 15.4 Å². The molecule has 2 unspecified atom stereocenters. The molecule has 0 aliphatic carbocycles. The minimum absolute atomic E-state index is 0.0529. The Morgan fingerprint density at radius 3 is 3.00 bits per heavy atom. The Balaban J connectivity index is 1.53. The number of amides is 1. The van der Waals surface area contributed by atoms with Crippen LogP contribution in [0.5, 0.6) is 5.75 Å². The van der Waals surface area contributed by atoms with Gasteiger partial charge in [0.25, 0.3) is 0 Å². The molecule has 0 radical (unpaired) electrons. The molecular formula is C20H21FN2O2. The topological polar surface area (TPSA) is 50.4 Å². The van der Waals surface area contributed by atoms with Crippen molar-refractivity contribution in [2.75, 3.05) is 18.5 Å². The zero-order chi connectivity index (χ0) is 17.2. The number of anilines is 1. The highest BCUT2D eigenvalue weighted by Crippen LogP contribution is 2.35. The summed E-state index contributed by atoms with van der Waals surface area (Å²) in [7, 11) is 0. The van der Waals surface area contributed by atoms with E-state index in [-0.39, 0.29) is 23.7 Å². The van der Waals surface area contributed by atoms with Crippen LogP contribution in [0.1, 0.15) is 42.3 Å². The summed E-state index contributed by atoms with van der Waals surface area (Å²) < 4.78 is 19.2. The van der Waals surface area contributed by atoms with Crippen molar-refractivity contribution in [2.24, 2.45) is 0 Å². The molecule has 25 heavy (non-hydrogen) atoms. The first-order valence-corrected chi connectivity index (χ1v) is 8.75. The fourth-order valence-corrected chi connectivity index (χ4v) is 3.73. The van der Waals surface area contributed by atoms with Crippen LogP contribution in [0.15, 0.2) is 42.5 Å². The van der Waals surface area contributed by atoms with Gasteiger partial charge >= 0.3 is 0 Å². The molecule has 0 saturated heterocycles. The molecule has 130 valence electrons. The lowest BCUT2D eigenvalue weighted by molar-refractivity contribution is -0.116. The number of carbonyl (C=O) groups excluding carboxylic acids is 1. The van der Waals surface area contributed by atoms with Gasteiger partial charge in [0.1, 0.15) is 11.6 Å². The predicted molar refractivity (Wildman–Crippen MR) is 94.3 cm³/mol. The smallest absolute Gasteiger partial charge is 0.225 e. The number of benzene rings is 2. The van der Waals surface area contributed by atoms with E-state index in [1.807, 2.05) is 18.2 Å². The van der Waals surface area contributed by atoms with Gasteiger partial charge in [0, 0.05) is 42.2 Å². The summed E-state index contributed by atoms with van der Waals surface area (Å²) in [6.07, 6.45) is 2.32. The average molecular weight is 340 g/mol. The maximum Gasteiger partial charge on any atom is 0.225 e. The van der Waals surface area contributed by atoms with Crippen LogP contribution in [-0.2, 0) is 4.79 Å². The van der Waals surface area contributed by atoms with E-state index in [9.17, 15) is 9.18 Å². The number of rotatable bonds is 3. The minimum atomic E-state index is -0.280. The van der Waals surface area contributed by atoms with E-state index in [1.165, 1.54) is 17.7 Å². The van der Waals surface area contributed by atoms with Crippen LogP contribution in [0.3, 0.4) is 0 Å². The number of fused-ring (bicyclic) bond motifs is 2. The van der Waals surface area contributed by atoms with Gasteiger partial charge in [0.2, 0.25) is 5.91 Å². The van der Waals surface area contributed by atoms with Gasteiger partial charge in [-0.1, -0.05) is 24.3 Å². The quantitative estimate of drug-likeness (QED) is 0.895. The lowest BCUT2D eigenvalue weighted by Crippen LogP contribution is -2.32. The van der Waals surface area contributed by atoms with Gasteiger partial charge < -0.3 is 15.4 Å². The van der Waals surface area contributed by atoms with E-state index >= 15 is 0 Å². The highest BCUT2D eigenvalue weighted by Gasteiger charge is 2.26. The Kier molecular flexibility index (Phi) is 4.40. The molecule has 1 amide bonds. The molecule has 5 heteroatoms. The van der Waals surface area contributed by atoms with Crippen LogP contribution in [-0.4, -0.2) is 19.1 Å². The monoisotopic (exact) mass is 340 g/mol. The first kappa shape index (κ1) is 16.1. The summed E-state index contributed by atoms with van der Waals surface area (Å²) >= 11 is 0. The van der Waals surface area contributed by atoms with Crippen molar-refractivity contribution in [3.8, 4) is 5.75 Å². The van der Waals surface area contributed by atoms with Crippen LogP contribution in [0.4, 0.5) is 10.1 Å². The first-order chi connectivity index (χ1) is 12.2. The highest BCUT2D eigenvalue weighted by atomic mass is 19.1. The van der Waals surface area contributed by atoms with Crippen molar-refractivity contribution in [2.45, 2.75) is 31.2 Å². The van der Waals surface area contributed by atoms with E-state index < -0.39 is 0 Å². The van der Waals surface area contributed by atoms with Crippen molar-refractivity contribution in [3.63, 3.8) is 0 Å². The molecule has 2 aliphatic heterocycles. The fourth-order valence-electron chi connectivity index (χ4n) is 3.73. The maximum absolute atomic E-state index is 13.5. The van der Waals surface area contributed by atoms with Crippen molar-refractivity contribution >= 4 is 11.6 Å². The number of carbonyl (C=O) groups is 1. The summed E-state index contributed by atoms with van der Waals surface area (Å²) in [6.45, 7) is 1.30. The summed E-state index contributed by atoms with van der Waals surface area (Å²) in [5, 5.41) is 6.52. The molecule has 0 bridgehead atoms. The lowest BCUT2D eigenvalue weighted by atomic mass is 9.90. The van der Waals surface area contributed by atoms with E-state index in [0.717, 1.165) is 24.1 Å². The molecule has 2 atom stereocenters. The van der Waals surface area contributed by atoms with Gasteiger partial charge in [-0.05, 0) is 30.5 Å². The molecule has 0 aromatic heterocycles. The van der Waals surface area contributed by atoms with Crippen LogP contribution >= 0.6 is 0 Å². The highest BCUT2D eigenvalue weighted by molar-refractivity contribution is 5.94. The molecule has 0 saturated carbocycles. The Morgan fingerprint density at radius 2 is 2.08 bits per heavy atom. The fraction of sp³-hybridized carbons (Fsp3) is 0.350. The Labute approximate surface area is 146 Å². The molecular weight excluding hydrogens is 319 g/mol. The SMILES string of the molecule is O=C1CC(CNC2CCCOc3cc(F)ccc32)c2ccccc2N1. The van der Waals surface area contributed by atoms with Crippen molar-refractivity contribution in [3.05, 3.63) is 59.4 Å². The normalized spacial score (nSPS) is 22.2. The molecule has 4 rings (SSSR count). The molecule has 0 fully saturated rings. The molecule has 2 aromatic rings. The number of hydrogen-bond acceptors (Lipinski definition) is 3. The molecule has 4 nitrogen and oxygen atoms in total. The van der Waals surface area contributed by atoms with E-state index in [0.29, 0.717) is 25.3 Å². The molecule has 0 spiro atoms. The van der Waals surface area contributed by atoms with E-state index in [1.54, 1.807) is 6.07 Å². The number of ether oxygens (including phenoxy) is 1. The second-order valence-corrected chi connectivity index (χ2v) is 6.67. The van der Waals surface area contributed by atoms with Gasteiger partial charge in [0.15, 0.2) is 0 Å². The zero-order valence-corrected chi connectivity index (χ0v) is 13.9. The number of halogens is 1. The molecule has 2 aliphatic rings. The maximum atomic E-state index is 13.5. The Bertz CT molecular complexity index is 793. The number of hydrogen-bond donors (Lipinski definition) is 2. The van der Waals surface area contributed by atoms with Crippen molar-refractivity contribution in [1.82, 2.24) is 5.32 Å². The minimum Gasteiger partial charge on any atom is -0.493 e. The lowest BCUT2D eigenvalue weighted by Gasteiger charge is -2.28. The van der Waals surface area contributed by atoms with Crippen molar-refractivity contribution < 1.29 is 13.9 Å². The Morgan fingerprint density at radius 1 is 1.20 bits per heavy atom. The molecule has 2 N–H and O–H groups in total. The second kappa shape index (κ2) is 6.84. The number of nitrogens with one attached hydrogen (secondary N) is 2. The van der Waals surface area contributed by atoms with Crippen LogP contribution in [0.2, 0.25) is 0 Å². The third kappa shape index (κ3) is 3.37. The summed E-state index contributed by atoms with van der Waals surface area (Å²) in [5.41, 5.74) is 3.06. The standard InChI is InChI=1S/C20H21FN2O2/c21-14-7-8-16-17(6-3-9-25-19(16)11-14)22-12-13-10-20(24)23-18-5-2-1-4-15(13)18/h1-2,4-5,7-8,11,13,17,22H,3,6,9-10,12H2,(H,23,24). The third-order valence-corrected chi connectivity index (χ3v) is 4.96. The first-order valence-electron chi connectivity index (χ1n) is 8.75. The summed E-state index contributed by atoms with van der Waals surface area (Å²) in [4.78, 5) is 12.0. The molecule has 2 aromatic carbocycles. The summed E-state index contributed by atoms with van der Waals surface area (Å²) in [6, 6.07) is 12.8. The van der Waals surface area contributed by atoms with Crippen molar-refractivity contribution in [1.29, 1.82) is 0 Å². The van der Waals surface area contributed by atoms with Gasteiger partial charge in [0.05, 0.1) is 6.61 Å². The zero-order valence-electron chi connectivity index (χ0n) is 13.9.